The molecule has 4 heteroatoms. The number of rotatable bonds is 4. The van der Waals surface area contributed by atoms with Gasteiger partial charge in [-0.05, 0) is 12.3 Å². The lowest BCUT2D eigenvalue weighted by molar-refractivity contribution is -0.544. The Morgan fingerprint density at radius 2 is 2.22 bits per heavy atom. The summed E-state index contributed by atoms with van der Waals surface area (Å²) in [6.45, 7) is 4.52. The summed E-state index contributed by atoms with van der Waals surface area (Å²) < 4.78 is 0. The van der Waals surface area contributed by atoms with Crippen molar-refractivity contribution in [3.05, 3.63) is 10.1 Å². The largest absolute Gasteiger partial charge is 0.235 e. The van der Waals surface area contributed by atoms with Gasteiger partial charge in [-0.15, -0.1) is 5.43 Å². The quantitative estimate of drug-likeness (QED) is 0.455. The molecule has 4 nitrogen and oxygen atoms in total. The van der Waals surface area contributed by atoms with Gasteiger partial charge in [0.2, 0.25) is 0 Å². The van der Waals surface area contributed by atoms with E-state index in [1.807, 2.05) is 13.8 Å². The topological polar surface area (TPSA) is 55.2 Å². The molecule has 0 unspecified atom stereocenters. The van der Waals surface area contributed by atoms with Crippen LogP contribution < -0.4 is 5.43 Å². The highest BCUT2D eigenvalue weighted by Gasteiger charge is 1.95. The van der Waals surface area contributed by atoms with Crippen LogP contribution in [0.5, 0.6) is 0 Å². The number of nitrogens with one attached hydrogen (secondary N) is 1. The van der Waals surface area contributed by atoms with Gasteiger partial charge in [0.15, 0.2) is 5.03 Å². The summed E-state index contributed by atoms with van der Waals surface area (Å²) in [5, 5.41) is 9.16. The number of nitrogens with zero attached hydrogens (tertiary/aromatic N) is 1. The molecule has 0 spiro atoms. The molecule has 0 aliphatic rings. The van der Waals surface area contributed by atoms with Crippen LogP contribution >= 0.6 is 0 Å². The molecular weight excluding hydrogens is 120 g/mol. The average Bonchev–Trinajstić information content (AvgIpc) is 1.63. The minimum Gasteiger partial charge on any atom is -0.235 e. The lowest BCUT2D eigenvalue weighted by Crippen LogP contribution is -2.23. The molecule has 0 bridgehead atoms. The Bertz CT molecular complexity index is 93.0. The molecule has 0 aliphatic heterocycles. The summed E-state index contributed by atoms with van der Waals surface area (Å²) in [5.41, 5.74) is 2.10. The van der Waals surface area contributed by atoms with Gasteiger partial charge in [0.1, 0.15) is 0 Å². The van der Waals surface area contributed by atoms with E-state index in [1.54, 1.807) is 0 Å². The third kappa shape index (κ3) is 7.20. The Hall–Kier alpha value is -0.800. The number of hydrogen-bond acceptors (Lipinski definition) is 2. The standard InChI is InChI=1S/C5H12N2O2/c1-5(2)3-4-6-7(8)9/h5-6H,3-4H2,1-2H3. The third-order valence-corrected chi connectivity index (χ3v) is 0.963. The zero-order valence-electron chi connectivity index (χ0n) is 5.76. The van der Waals surface area contributed by atoms with Crippen LogP contribution in [0.1, 0.15) is 20.3 Å². The lowest BCUT2D eigenvalue weighted by atomic mass is 10.1. The fourth-order valence-corrected chi connectivity index (χ4v) is 0.445. The molecule has 0 aromatic rings. The van der Waals surface area contributed by atoms with E-state index in [4.69, 9.17) is 0 Å². The van der Waals surface area contributed by atoms with Crippen molar-refractivity contribution < 1.29 is 5.03 Å². The Morgan fingerprint density at radius 1 is 1.67 bits per heavy atom. The summed E-state index contributed by atoms with van der Waals surface area (Å²) >= 11 is 0. The number of hydrazine groups is 1. The monoisotopic (exact) mass is 132 g/mol. The van der Waals surface area contributed by atoms with Crippen molar-refractivity contribution in [3.63, 3.8) is 0 Å². The minimum absolute atomic E-state index is 0.463. The van der Waals surface area contributed by atoms with Crippen molar-refractivity contribution in [2.75, 3.05) is 6.54 Å². The van der Waals surface area contributed by atoms with E-state index in [0.717, 1.165) is 6.42 Å². The van der Waals surface area contributed by atoms with E-state index in [9.17, 15) is 10.1 Å². The van der Waals surface area contributed by atoms with Crippen molar-refractivity contribution in [1.82, 2.24) is 5.43 Å². The van der Waals surface area contributed by atoms with Gasteiger partial charge < -0.3 is 0 Å². The predicted molar refractivity (Wildman–Crippen MR) is 34.5 cm³/mol. The highest BCUT2D eigenvalue weighted by molar-refractivity contribution is 4.43. The van der Waals surface area contributed by atoms with Crippen LogP contribution in [-0.4, -0.2) is 11.6 Å². The SMILES string of the molecule is CC(C)CCN[N+](=O)[O-]. The summed E-state index contributed by atoms with van der Waals surface area (Å²) in [7, 11) is 0. The van der Waals surface area contributed by atoms with E-state index in [0.29, 0.717) is 12.5 Å². The van der Waals surface area contributed by atoms with Crippen LogP contribution in [-0.2, 0) is 0 Å². The van der Waals surface area contributed by atoms with E-state index in [-0.39, 0.29) is 0 Å². The maximum atomic E-state index is 9.68. The van der Waals surface area contributed by atoms with E-state index in [2.05, 4.69) is 5.43 Å². The van der Waals surface area contributed by atoms with Crippen molar-refractivity contribution in [2.24, 2.45) is 5.92 Å². The lowest BCUT2D eigenvalue weighted by Gasteiger charge is -1.99. The summed E-state index contributed by atoms with van der Waals surface area (Å²) in [6, 6.07) is 0. The molecule has 0 atom stereocenters. The molecule has 0 radical (unpaired) electrons. The molecule has 0 saturated heterocycles. The number of hydrogen-bond donors (Lipinski definition) is 1. The average molecular weight is 132 g/mol. The van der Waals surface area contributed by atoms with Gasteiger partial charge in [-0.25, -0.2) is 10.1 Å². The highest BCUT2D eigenvalue weighted by Crippen LogP contribution is 1.95. The Labute approximate surface area is 54.4 Å². The molecule has 0 rings (SSSR count). The second-order valence-corrected chi connectivity index (χ2v) is 2.35. The smallest absolute Gasteiger partial charge is 0.157 e. The first-order chi connectivity index (χ1) is 4.13. The first-order valence-electron chi connectivity index (χ1n) is 3.01. The second-order valence-electron chi connectivity index (χ2n) is 2.35. The van der Waals surface area contributed by atoms with Gasteiger partial charge in [0, 0.05) is 0 Å². The van der Waals surface area contributed by atoms with Crippen LogP contribution in [0.2, 0.25) is 0 Å². The Balaban J connectivity index is 3.01. The van der Waals surface area contributed by atoms with Crippen LogP contribution in [0.4, 0.5) is 0 Å². The van der Waals surface area contributed by atoms with E-state index >= 15 is 0 Å². The van der Waals surface area contributed by atoms with Gasteiger partial charge in [0.25, 0.3) is 0 Å². The molecule has 0 amide bonds. The van der Waals surface area contributed by atoms with Crippen LogP contribution in [0.15, 0.2) is 0 Å². The first kappa shape index (κ1) is 8.20. The van der Waals surface area contributed by atoms with Crippen molar-refractivity contribution in [2.45, 2.75) is 20.3 Å². The van der Waals surface area contributed by atoms with Gasteiger partial charge in [-0.3, -0.25) is 0 Å². The first-order valence-corrected chi connectivity index (χ1v) is 3.01. The van der Waals surface area contributed by atoms with E-state index < -0.39 is 5.03 Å². The van der Waals surface area contributed by atoms with Gasteiger partial charge in [0.05, 0.1) is 6.54 Å². The Kier molecular flexibility index (Phi) is 3.75. The molecule has 1 N–H and O–H groups in total. The molecule has 0 saturated carbocycles. The summed E-state index contributed by atoms with van der Waals surface area (Å²) in [5.74, 6) is 0.525. The summed E-state index contributed by atoms with van der Waals surface area (Å²) in [6.07, 6.45) is 0.848. The van der Waals surface area contributed by atoms with E-state index in [1.165, 1.54) is 0 Å². The van der Waals surface area contributed by atoms with Crippen LogP contribution in [0, 0.1) is 16.0 Å². The van der Waals surface area contributed by atoms with Gasteiger partial charge >= 0.3 is 0 Å². The minimum atomic E-state index is -0.512. The zero-order chi connectivity index (χ0) is 7.28. The highest BCUT2D eigenvalue weighted by atomic mass is 16.7. The fraction of sp³-hybridized carbons (Fsp3) is 1.00. The molecule has 0 fully saturated rings. The van der Waals surface area contributed by atoms with Crippen molar-refractivity contribution in [1.29, 1.82) is 0 Å². The molecule has 0 aromatic heterocycles. The van der Waals surface area contributed by atoms with Gasteiger partial charge in [-0.2, -0.15) is 0 Å². The van der Waals surface area contributed by atoms with Crippen LogP contribution in [0.25, 0.3) is 0 Å². The van der Waals surface area contributed by atoms with Crippen LogP contribution in [0.3, 0.4) is 0 Å². The maximum absolute atomic E-state index is 9.68. The van der Waals surface area contributed by atoms with Crippen molar-refractivity contribution in [3.8, 4) is 0 Å². The molecule has 54 valence electrons. The molecular formula is C5H12N2O2. The normalized spacial score (nSPS) is 9.67. The molecule has 0 aliphatic carbocycles. The zero-order valence-corrected chi connectivity index (χ0v) is 5.76. The Morgan fingerprint density at radius 3 is 2.56 bits per heavy atom. The molecule has 0 heterocycles. The van der Waals surface area contributed by atoms with Gasteiger partial charge in [-0.1, -0.05) is 13.8 Å². The number of nitro groups is 1. The van der Waals surface area contributed by atoms with Crippen molar-refractivity contribution >= 4 is 0 Å². The third-order valence-electron chi connectivity index (χ3n) is 0.963. The summed E-state index contributed by atoms with van der Waals surface area (Å²) in [4.78, 5) is 9.68. The molecule has 0 aromatic carbocycles. The fourth-order valence-electron chi connectivity index (χ4n) is 0.445. The second kappa shape index (κ2) is 4.12. The molecule has 9 heavy (non-hydrogen) atoms. The maximum Gasteiger partial charge on any atom is 0.157 e. The predicted octanol–water partition coefficient (Wildman–Crippen LogP) is 0.814.